The zero-order valence-electron chi connectivity index (χ0n) is 13.9. The molecule has 0 aliphatic carbocycles. The molecule has 10 heteroatoms. The molecule has 0 radical (unpaired) electrons. The van der Waals surface area contributed by atoms with E-state index in [9.17, 15) is 19.1 Å². The van der Waals surface area contributed by atoms with Gasteiger partial charge in [0.2, 0.25) is 5.43 Å². The summed E-state index contributed by atoms with van der Waals surface area (Å²) >= 11 is 1.26. The third kappa shape index (κ3) is 2.37. The van der Waals surface area contributed by atoms with Gasteiger partial charge >= 0.3 is 5.97 Å². The van der Waals surface area contributed by atoms with Crippen molar-refractivity contribution in [3.05, 3.63) is 45.4 Å². The lowest BCUT2D eigenvalue weighted by atomic mass is 9.86. The summed E-state index contributed by atoms with van der Waals surface area (Å²) in [6.07, 6.45) is 3.68. The molecule has 2 fully saturated rings. The third-order valence-electron chi connectivity index (χ3n) is 4.99. The van der Waals surface area contributed by atoms with Crippen LogP contribution in [0.25, 0.3) is 16.2 Å². The molecule has 2 aliphatic rings. The fourth-order valence-corrected chi connectivity index (χ4v) is 4.13. The second-order valence-corrected chi connectivity index (χ2v) is 7.54. The Bertz CT molecular complexity index is 1130. The third-order valence-corrected chi connectivity index (χ3v) is 5.76. The first kappa shape index (κ1) is 16.3. The lowest BCUT2D eigenvalue weighted by Gasteiger charge is -2.55. The molecule has 27 heavy (non-hydrogen) atoms. The van der Waals surface area contributed by atoms with Gasteiger partial charge in [-0.2, -0.15) is 0 Å². The molecule has 2 saturated heterocycles. The van der Waals surface area contributed by atoms with E-state index in [1.54, 1.807) is 16.5 Å². The van der Waals surface area contributed by atoms with Gasteiger partial charge in [0, 0.05) is 24.2 Å². The standard InChI is InChI=1S/C17H13FN4O4S/c18-11-5-9-12(23)10(15(24)25)6-22(16-19-2-4-27-16)13(9)20-14(11)21-7-17(8-21)1-3-26-17/h2,4-6H,1,3,7-8H2,(H,24,25). The molecule has 0 bridgehead atoms. The van der Waals surface area contributed by atoms with Crippen molar-refractivity contribution >= 4 is 34.2 Å². The van der Waals surface area contributed by atoms with Crippen molar-refractivity contribution in [3.8, 4) is 5.13 Å². The quantitative estimate of drug-likeness (QED) is 0.729. The van der Waals surface area contributed by atoms with E-state index in [0.29, 0.717) is 24.8 Å². The number of nitrogens with zero attached hydrogens (tertiary/aromatic N) is 4. The zero-order chi connectivity index (χ0) is 18.8. The van der Waals surface area contributed by atoms with Crippen LogP contribution in [0.15, 0.2) is 28.6 Å². The number of halogens is 1. The van der Waals surface area contributed by atoms with E-state index >= 15 is 0 Å². The van der Waals surface area contributed by atoms with Crippen LogP contribution in [0.4, 0.5) is 10.2 Å². The van der Waals surface area contributed by atoms with Crippen LogP contribution >= 0.6 is 11.3 Å². The summed E-state index contributed by atoms with van der Waals surface area (Å²) in [4.78, 5) is 34.3. The summed E-state index contributed by atoms with van der Waals surface area (Å²) in [5.41, 5.74) is -1.26. The van der Waals surface area contributed by atoms with Crippen LogP contribution in [-0.2, 0) is 4.74 Å². The van der Waals surface area contributed by atoms with Crippen molar-refractivity contribution in [2.24, 2.45) is 0 Å². The number of hydrogen-bond acceptors (Lipinski definition) is 7. The molecule has 5 heterocycles. The van der Waals surface area contributed by atoms with Gasteiger partial charge in [-0.3, -0.25) is 9.36 Å². The van der Waals surface area contributed by atoms with Crippen molar-refractivity contribution in [3.63, 3.8) is 0 Å². The van der Waals surface area contributed by atoms with Crippen LogP contribution in [0, 0.1) is 5.82 Å². The first-order valence-electron chi connectivity index (χ1n) is 8.25. The number of carbonyl (C=O) groups is 1. The minimum absolute atomic E-state index is 0.0959. The number of aromatic carboxylic acids is 1. The Labute approximate surface area is 155 Å². The fourth-order valence-electron chi connectivity index (χ4n) is 3.51. The minimum Gasteiger partial charge on any atom is -0.477 e. The van der Waals surface area contributed by atoms with E-state index in [2.05, 4.69) is 9.97 Å². The van der Waals surface area contributed by atoms with E-state index in [-0.39, 0.29) is 22.5 Å². The molecule has 0 unspecified atom stereocenters. The smallest absolute Gasteiger partial charge is 0.341 e. The Morgan fingerprint density at radius 2 is 2.19 bits per heavy atom. The number of fused-ring (bicyclic) bond motifs is 1. The van der Waals surface area contributed by atoms with Gasteiger partial charge in [0.15, 0.2) is 22.4 Å². The maximum atomic E-state index is 14.7. The molecular weight excluding hydrogens is 375 g/mol. The van der Waals surface area contributed by atoms with Crippen molar-refractivity contribution in [1.29, 1.82) is 0 Å². The van der Waals surface area contributed by atoms with Crippen molar-refractivity contribution in [2.75, 3.05) is 24.6 Å². The van der Waals surface area contributed by atoms with Gasteiger partial charge in [0.25, 0.3) is 0 Å². The minimum atomic E-state index is -1.39. The molecule has 1 spiro atoms. The second-order valence-electron chi connectivity index (χ2n) is 6.66. The van der Waals surface area contributed by atoms with Crippen molar-refractivity contribution < 1.29 is 19.0 Å². The molecule has 3 aromatic heterocycles. The number of ether oxygens (including phenoxy) is 1. The Kier molecular flexibility index (Phi) is 3.37. The lowest BCUT2D eigenvalue weighted by molar-refractivity contribution is -0.161. The molecule has 138 valence electrons. The zero-order valence-corrected chi connectivity index (χ0v) is 14.7. The number of anilines is 1. The normalized spacial score (nSPS) is 17.7. The topological polar surface area (TPSA) is 97.5 Å². The summed E-state index contributed by atoms with van der Waals surface area (Å²) in [5.74, 6) is -1.93. The van der Waals surface area contributed by atoms with Gasteiger partial charge in [0.05, 0.1) is 25.1 Å². The maximum Gasteiger partial charge on any atom is 0.341 e. The van der Waals surface area contributed by atoms with Gasteiger partial charge < -0.3 is 14.7 Å². The molecule has 0 saturated carbocycles. The predicted octanol–water partition coefficient (Wildman–Crippen LogP) is 1.66. The van der Waals surface area contributed by atoms with Gasteiger partial charge in [-0.1, -0.05) is 0 Å². The van der Waals surface area contributed by atoms with E-state index in [4.69, 9.17) is 4.74 Å². The van der Waals surface area contributed by atoms with Crippen LogP contribution < -0.4 is 10.3 Å². The summed E-state index contributed by atoms with van der Waals surface area (Å²) in [6.45, 7) is 1.79. The highest BCUT2D eigenvalue weighted by Crippen LogP contribution is 2.39. The van der Waals surface area contributed by atoms with Gasteiger partial charge in [-0.15, -0.1) is 11.3 Å². The molecule has 0 aromatic carbocycles. The average molecular weight is 388 g/mol. The van der Waals surface area contributed by atoms with E-state index in [1.165, 1.54) is 22.1 Å². The van der Waals surface area contributed by atoms with Crippen molar-refractivity contribution in [1.82, 2.24) is 14.5 Å². The van der Waals surface area contributed by atoms with E-state index in [1.807, 2.05) is 0 Å². The molecule has 1 N–H and O–H groups in total. The molecule has 2 aliphatic heterocycles. The molecular formula is C17H13FN4O4S. The molecule has 5 rings (SSSR count). The fraction of sp³-hybridized carbons (Fsp3) is 0.294. The molecule has 8 nitrogen and oxygen atoms in total. The predicted molar refractivity (Wildman–Crippen MR) is 95.4 cm³/mol. The number of rotatable bonds is 3. The number of carboxylic acids is 1. The maximum absolute atomic E-state index is 14.7. The average Bonchev–Trinajstić information content (AvgIpc) is 3.07. The summed E-state index contributed by atoms with van der Waals surface area (Å²) in [7, 11) is 0. The van der Waals surface area contributed by atoms with Gasteiger partial charge in [-0.25, -0.2) is 19.2 Å². The Hall–Kier alpha value is -2.85. The highest BCUT2D eigenvalue weighted by atomic mass is 32.1. The van der Waals surface area contributed by atoms with E-state index < -0.39 is 22.8 Å². The van der Waals surface area contributed by atoms with Gasteiger partial charge in [-0.05, 0) is 6.07 Å². The largest absolute Gasteiger partial charge is 0.477 e. The first-order chi connectivity index (χ1) is 13.0. The van der Waals surface area contributed by atoms with Crippen LogP contribution in [0.5, 0.6) is 0 Å². The Balaban J connectivity index is 1.71. The SMILES string of the molecule is O=C(O)c1cn(-c2nccs2)c2nc(N3CC4(CCO4)C3)c(F)cc2c1=O. The summed E-state index contributed by atoms with van der Waals surface area (Å²) < 4.78 is 21.7. The number of pyridine rings is 2. The second kappa shape index (κ2) is 5.57. The number of aromatic nitrogens is 3. The van der Waals surface area contributed by atoms with Crippen LogP contribution in [0.1, 0.15) is 16.8 Å². The lowest BCUT2D eigenvalue weighted by Crippen LogP contribution is -2.68. The van der Waals surface area contributed by atoms with Crippen LogP contribution in [-0.4, -0.2) is 50.9 Å². The summed E-state index contributed by atoms with van der Waals surface area (Å²) in [5, 5.41) is 11.4. The van der Waals surface area contributed by atoms with Crippen LogP contribution in [0.3, 0.4) is 0 Å². The van der Waals surface area contributed by atoms with Gasteiger partial charge in [0.1, 0.15) is 11.2 Å². The number of hydrogen-bond donors (Lipinski definition) is 1. The molecule has 0 amide bonds. The van der Waals surface area contributed by atoms with E-state index in [0.717, 1.165) is 12.5 Å². The van der Waals surface area contributed by atoms with Crippen molar-refractivity contribution in [2.45, 2.75) is 12.0 Å². The Morgan fingerprint density at radius 3 is 2.78 bits per heavy atom. The summed E-state index contributed by atoms with van der Waals surface area (Å²) in [6, 6.07) is 1.06. The Morgan fingerprint density at radius 1 is 1.41 bits per heavy atom. The highest BCUT2D eigenvalue weighted by Gasteiger charge is 2.50. The molecule has 0 atom stereocenters. The number of thiazole rings is 1. The first-order valence-corrected chi connectivity index (χ1v) is 9.13. The highest BCUT2D eigenvalue weighted by molar-refractivity contribution is 7.12. The molecule has 3 aromatic rings. The van der Waals surface area contributed by atoms with Crippen LogP contribution in [0.2, 0.25) is 0 Å². The monoisotopic (exact) mass is 388 g/mol. The number of carboxylic acid groups (broad SMARTS) is 1.